The normalized spacial score (nSPS) is 23.0. The molecule has 1 aliphatic rings. The highest BCUT2D eigenvalue weighted by Gasteiger charge is 2.29. The summed E-state index contributed by atoms with van der Waals surface area (Å²) in [7, 11) is -3.06. The van der Waals surface area contributed by atoms with Gasteiger partial charge in [-0.1, -0.05) is 38.0 Å². The molecule has 0 saturated heterocycles. The SMILES string of the molecule is CC1CCCC(S(=O)(=O)CCOc2ccccc2CN)C1. The van der Waals surface area contributed by atoms with Gasteiger partial charge in [0.1, 0.15) is 12.4 Å². The van der Waals surface area contributed by atoms with Crippen molar-refractivity contribution in [2.75, 3.05) is 12.4 Å². The quantitative estimate of drug-likeness (QED) is 0.876. The van der Waals surface area contributed by atoms with Gasteiger partial charge in [0, 0.05) is 12.1 Å². The van der Waals surface area contributed by atoms with Crippen molar-refractivity contribution in [3.63, 3.8) is 0 Å². The summed E-state index contributed by atoms with van der Waals surface area (Å²) in [6.07, 6.45) is 3.75. The van der Waals surface area contributed by atoms with Crippen molar-refractivity contribution >= 4 is 9.84 Å². The largest absolute Gasteiger partial charge is 0.492 e. The zero-order chi connectivity index (χ0) is 15.3. The van der Waals surface area contributed by atoms with Crippen LogP contribution in [0.25, 0.3) is 0 Å². The van der Waals surface area contributed by atoms with Crippen molar-refractivity contribution in [1.29, 1.82) is 0 Å². The van der Waals surface area contributed by atoms with Gasteiger partial charge in [-0.05, 0) is 24.8 Å². The van der Waals surface area contributed by atoms with E-state index in [1.807, 2.05) is 24.3 Å². The Kier molecular flexibility index (Phi) is 5.65. The second-order valence-electron chi connectivity index (χ2n) is 5.92. The first-order valence-electron chi connectivity index (χ1n) is 7.65. The third-order valence-electron chi connectivity index (χ3n) is 4.21. The highest BCUT2D eigenvalue weighted by atomic mass is 32.2. The molecule has 2 unspecified atom stereocenters. The summed E-state index contributed by atoms with van der Waals surface area (Å²) in [5.41, 5.74) is 6.55. The van der Waals surface area contributed by atoms with E-state index < -0.39 is 9.84 Å². The standard InChI is InChI=1S/C16H25NO3S/c1-13-5-4-7-15(11-13)21(18,19)10-9-20-16-8-3-2-6-14(16)12-17/h2-3,6,8,13,15H,4-5,7,9-12,17H2,1H3. The first kappa shape index (κ1) is 16.3. The molecule has 5 heteroatoms. The molecule has 0 bridgehead atoms. The number of ether oxygens (including phenoxy) is 1. The summed E-state index contributed by atoms with van der Waals surface area (Å²) in [5, 5.41) is -0.186. The highest BCUT2D eigenvalue weighted by Crippen LogP contribution is 2.28. The van der Waals surface area contributed by atoms with Gasteiger partial charge in [-0.3, -0.25) is 0 Å². The zero-order valence-electron chi connectivity index (χ0n) is 12.6. The molecule has 1 aliphatic carbocycles. The maximum atomic E-state index is 12.4. The van der Waals surface area contributed by atoms with Crippen LogP contribution >= 0.6 is 0 Å². The fourth-order valence-electron chi connectivity index (χ4n) is 2.95. The van der Waals surface area contributed by atoms with Gasteiger partial charge in [0.25, 0.3) is 0 Å². The number of rotatable bonds is 6. The molecule has 2 rings (SSSR count). The van der Waals surface area contributed by atoms with E-state index in [2.05, 4.69) is 6.92 Å². The van der Waals surface area contributed by atoms with Crippen molar-refractivity contribution in [1.82, 2.24) is 0 Å². The van der Waals surface area contributed by atoms with Crippen LogP contribution in [-0.4, -0.2) is 26.0 Å². The Hall–Kier alpha value is -1.07. The van der Waals surface area contributed by atoms with Crippen LogP contribution in [0.15, 0.2) is 24.3 Å². The molecule has 2 N–H and O–H groups in total. The predicted octanol–water partition coefficient (Wildman–Crippen LogP) is 2.52. The molecule has 118 valence electrons. The van der Waals surface area contributed by atoms with E-state index in [0.717, 1.165) is 31.2 Å². The second kappa shape index (κ2) is 7.27. The number of para-hydroxylation sites is 1. The lowest BCUT2D eigenvalue weighted by Crippen LogP contribution is -2.31. The third-order valence-corrected chi connectivity index (χ3v) is 6.39. The number of benzene rings is 1. The zero-order valence-corrected chi connectivity index (χ0v) is 13.4. The number of sulfone groups is 1. The number of hydrogen-bond acceptors (Lipinski definition) is 4. The minimum absolute atomic E-state index is 0.0866. The minimum atomic E-state index is -3.06. The minimum Gasteiger partial charge on any atom is -0.492 e. The Morgan fingerprint density at radius 1 is 1.29 bits per heavy atom. The number of hydrogen-bond donors (Lipinski definition) is 1. The molecule has 0 aromatic heterocycles. The van der Waals surface area contributed by atoms with Gasteiger partial charge in [-0.2, -0.15) is 0 Å². The fraction of sp³-hybridized carbons (Fsp3) is 0.625. The highest BCUT2D eigenvalue weighted by molar-refractivity contribution is 7.92. The van der Waals surface area contributed by atoms with Gasteiger partial charge in [-0.25, -0.2) is 8.42 Å². The van der Waals surface area contributed by atoms with Crippen molar-refractivity contribution in [2.45, 2.75) is 44.4 Å². The van der Waals surface area contributed by atoms with Crippen LogP contribution in [0.1, 0.15) is 38.2 Å². The van der Waals surface area contributed by atoms with Gasteiger partial charge in [-0.15, -0.1) is 0 Å². The van der Waals surface area contributed by atoms with E-state index in [9.17, 15) is 8.42 Å². The van der Waals surface area contributed by atoms with E-state index in [0.29, 0.717) is 18.2 Å². The lowest BCUT2D eigenvalue weighted by Gasteiger charge is -2.26. The predicted molar refractivity (Wildman–Crippen MR) is 85.0 cm³/mol. The molecule has 0 radical (unpaired) electrons. The van der Waals surface area contributed by atoms with Crippen LogP contribution in [-0.2, 0) is 16.4 Å². The summed E-state index contributed by atoms with van der Waals surface area (Å²) in [6.45, 7) is 2.73. The lowest BCUT2D eigenvalue weighted by atomic mass is 9.91. The molecule has 21 heavy (non-hydrogen) atoms. The molecule has 2 atom stereocenters. The van der Waals surface area contributed by atoms with Crippen LogP contribution in [0.4, 0.5) is 0 Å². The summed E-state index contributed by atoms with van der Waals surface area (Å²) in [6, 6.07) is 7.49. The van der Waals surface area contributed by atoms with Crippen LogP contribution in [0.5, 0.6) is 5.75 Å². The topological polar surface area (TPSA) is 69.4 Å². The van der Waals surface area contributed by atoms with Gasteiger partial charge >= 0.3 is 0 Å². The summed E-state index contributed by atoms with van der Waals surface area (Å²) >= 11 is 0. The Morgan fingerprint density at radius 2 is 2.05 bits per heavy atom. The van der Waals surface area contributed by atoms with Crippen LogP contribution in [0.2, 0.25) is 0 Å². The van der Waals surface area contributed by atoms with Crippen molar-refractivity contribution in [3.05, 3.63) is 29.8 Å². The molecule has 0 heterocycles. The van der Waals surface area contributed by atoms with E-state index in [-0.39, 0.29) is 17.6 Å². The van der Waals surface area contributed by atoms with E-state index in [1.54, 1.807) is 0 Å². The summed E-state index contributed by atoms with van der Waals surface area (Å²) in [4.78, 5) is 0. The van der Waals surface area contributed by atoms with Crippen LogP contribution in [0.3, 0.4) is 0 Å². The van der Waals surface area contributed by atoms with Gasteiger partial charge in [0.15, 0.2) is 9.84 Å². The molecule has 1 saturated carbocycles. The van der Waals surface area contributed by atoms with Gasteiger partial charge < -0.3 is 10.5 Å². The molecular weight excluding hydrogens is 286 g/mol. The average Bonchev–Trinajstić information content (AvgIpc) is 2.47. The molecule has 1 fully saturated rings. The number of nitrogens with two attached hydrogens (primary N) is 1. The molecule has 0 amide bonds. The Balaban J connectivity index is 1.90. The lowest BCUT2D eigenvalue weighted by molar-refractivity contribution is 0.334. The van der Waals surface area contributed by atoms with E-state index in [1.165, 1.54) is 0 Å². The average molecular weight is 311 g/mol. The molecule has 1 aromatic carbocycles. The fourth-order valence-corrected chi connectivity index (χ4v) is 4.75. The monoisotopic (exact) mass is 311 g/mol. The first-order valence-corrected chi connectivity index (χ1v) is 9.37. The first-order chi connectivity index (χ1) is 10.0. The van der Waals surface area contributed by atoms with Crippen molar-refractivity contribution in [2.24, 2.45) is 11.7 Å². The molecule has 0 aliphatic heterocycles. The molecular formula is C16H25NO3S. The smallest absolute Gasteiger partial charge is 0.156 e. The second-order valence-corrected chi connectivity index (χ2v) is 8.32. The molecule has 0 spiro atoms. The maximum absolute atomic E-state index is 12.4. The van der Waals surface area contributed by atoms with Gasteiger partial charge in [0.2, 0.25) is 0 Å². The summed E-state index contributed by atoms with van der Waals surface area (Å²) in [5.74, 6) is 1.29. The van der Waals surface area contributed by atoms with Crippen molar-refractivity contribution in [3.8, 4) is 5.75 Å². The van der Waals surface area contributed by atoms with Crippen molar-refractivity contribution < 1.29 is 13.2 Å². The van der Waals surface area contributed by atoms with Crippen LogP contribution < -0.4 is 10.5 Å². The van der Waals surface area contributed by atoms with Crippen LogP contribution in [0, 0.1) is 5.92 Å². The Morgan fingerprint density at radius 3 is 2.76 bits per heavy atom. The third kappa shape index (κ3) is 4.45. The van der Waals surface area contributed by atoms with E-state index >= 15 is 0 Å². The van der Waals surface area contributed by atoms with E-state index in [4.69, 9.17) is 10.5 Å². The van der Waals surface area contributed by atoms with Gasteiger partial charge in [0.05, 0.1) is 11.0 Å². The molecule has 1 aromatic rings. The maximum Gasteiger partial charge on any atom is 0.156 e. The summed E-state index contributed by atoms with van der Waals surface area (Å²) < 4.78 is 30.4. The Labute approximate surface area is 127 Å². The Bertz CT molecular complexity index is 556. The molecule has 4 nitrogen and oxygen atoms in total.